The lowest BCUT2D eigenvalue weighted by molar-refractivity contribution is -0.134. The smallest absolute Gasteiger partial charge is 0.407 e. The number of carbonyl (C=O) groups excluding carboxylic acids is 1. The number of halogens is 1. The van der Waals surface area contributed by atoms with Gasteiger partial charge >= 0.3 is 12.1 Å². The molecule has 1 aromatic rings. The summed E-state index contributed by atoms with van der Waals surface area (Å²) in [5.74, 6) is -2.95. The first-order chi connectivity index (χ1) is 11.4. The van der Waals surface area contributed by atoms with Crippen molar-refractivity contribution in [2.45, 2.75) is 38.8 Å². The summed E-state index contributed by atoms with van der Waals surface area (Å²) in [6, 6.07) is 5.87. The Balaban J connectivity index is 2.90. The number of ether oxygens (including phenoxy) is 1. The van der Waals surface area contributed by atoms with Crippen LogP contribution in [0.1, 0.15) is 26.3 Å². The Morgan fingerprint density at radius 2 is 1.80 bits per heavy atom. The van der Waals surface area contributed by atoms with E-state index in [4.69, 9.17) is 21.4 Å². The van der Waals surface area contributed by atoms with Gasteiger partial charge < -0.3 is 15.2 Å². The van der Waals surface area contributed by atoms with Crippen molar-refractivity contribution in [2.75, 3.05) is 11.5 Å². The molecule has 25 heavy (non-hydrogen) atoms. The second-order valence-corrected chi connectivity index (χ2v) is 9.17. The molecule has 0 aliphatic heterocycles. The fourth-order valence-electron chi connectivity index (χ4n) is 2.08. The van der Waals surface area contributed by atoms with Crippen LogP contribution in [0.5, 0.6) is 0 Å². The van der Waals surface area contributed by atoms with Crippen LogP contribution in [0.4, 0.5) is 4.79 Å². The summed E-state index contributed by atoms with van der Waals surface area (Å²) in [6.45, 7) is 5.05. The molecule has 0 spiro atoms. The van der Waals surface area contributed by atoms with Gasteiger partial charge in [0.1, 0.15) is 11.4 Å². The second kappa shape index (κ2) is 8.53. The molecule has 1 amide bonds. The normalized spacial score (nSPS) is 13.1. The van der Waals surface area contributed by atoms with Crippen LogP contribution >= 0.6 is 11.6 Å². The molecule has 9 heteroatoms. The minimum atomic E-state index is -3.89. The fraction of sp³-hybridized carbons (Fsp3) is 0.500. The van der Waals surface area contributed by atoms with Crippen molar-refractivity contribution in [1.82, 2.24) is 5.32 Å². The first-order valence-corrected chi connectivity index (χ1v) is 9.72. The van der Waals surface area contributed by atoms with Crippen molar-refractivity contribution in [1.29, 1.82) is 0 Å². The third kappa shape index (κ3) is 9.31. The van der Waals surface area contributed by atoms with Crippen LogP contribution in [0.15, 0.2) is 24.3 Å². The number of benzene rings is 1. The van der Waals surface area contributed by atoms with Gasteiger partial charge in [0.25, 0.3) is 0 Å². The Bertz CT molecular complexity index is 709. The highest BCUT2D eigenvalue weighted by atomic mass is 35.5. The number of aliphatic carboxylic acids is 1. The first-order valence-electron chi connectivity index (χ1n) is 7.52. The van der Waals surface area contributed by atoms with Gasteiger partial charge in [0.15, 0.2) is 9.84 Å². The molecular formula is C16H22ClNO6S. The number of rotatable bonds is 7. The van der Waals surface area contributed by atoms with Gasteiger partial charge in [-0.05, 0) is 44.9 Å². The van der Waals surface area contributed by atoms with E-state index in [1.807, 2.05) is 0 Å². The summed E-state index contributed by atoms with van der Waals surface area (Å²) >= 11 is 5.82. The second-order valence-electron chi connectivity index (χ2n) is 6.62. The summed E-state index contributed by atoms with van der Waals surface area (Å²) in [4.78, 5) is 22.7. The number of hydrogen-bond acceptors (Lipinski definition) is 5. The number of carboxylic acids is 1. The van der Waals surface area contributed by atoms with Gasteiger partial charge in [-0.1, -0.05) is 23.7 Å². The molecule has 0 fully saturated rings. The lowest BCUT2D eigenvalue weighted by atomic mass is 10.1. The Hall–Kier alpha value is -1.80. The van der Waals surface area contributed by atoms with E-state index in [0.717, 1.165) is 5.56 Å². The van der Waals surface area contributed by atoms with Gasteiger partial charge in [0.05, 0.1) is 11.8 Å². The van der Waals surface area contributed by atoms with Gasteiger partial charge in [0, 0.05) is 5.02 Å². The third-order valence-electron chi connectivity index (χ3n) is 2.91. The van der Waals surface area contributed by atoms with E-state index in [1.165, 1.54) is 0 Å². The number of carboxylic acid groups (broad SMARTS) is 1. The van der Waals surface area contributed by atoms with Crippen LogP contribution < -0.4 is 5.32 Å². The molecule has 0 heterocycles. The Morgan fingerprint density at radius 1 is 1.24 bits per heavy atom. The highest BCUT2D eigenvalue weighted by molar-refractivity contribution is 7.92. The van der Waals surface area contributed by atoms with Crippen LogP contribution in [0.3, 0.4) is 0 Å². The van der Waals surface area contributed by atoms with E-state index in [2.05, 4.69) is 5.32 Å². The molecule has 0 bridgehead atoms. The highest BCUT2D eigenvalue weighted by Gasteiger charge is 2.26. The van der Waals surface area contributed by atoms with Crippen molar-refractivity contribution >= 4 is 33.5 Å². The molecular weight excluding hydrogens is 370 g/mol. The van der Waals surface area contributed by atoms with Crippen molar-refractivity contribution in [3.63, 3.8) is 0 Å². The zero-order chi connectivity index (χ0) is 19.3. The molecule has 140 valence electrons. The number of carbonyl (C=O) groups is 2. The van der Waals surface area contributed by atoms with Crippen LogP contribution in [0.25, 0.3) is 0 Å². The average Bonchev–Trinajstić information content (AvgIpc) is 2.36. The zero-order valence-electron chi connectivity index (χ0n) is 14.3. The largest absolute Gasteiger partial charge is 0.480 e. The predicted molar refractivity (Wildman–Crippen MR) is 94.6 cm³/mol. The number of amides is 1. The van der Waals surface area contributed by atoms with Gasteiger partial charge in [0.2, 0.25) is 0 Å². The number of nitrogens with one attached hydrogen (secondary N) is 1. The van der Waals surface area contributed by atoms with Gasteiger partial charge in [-0.2, -0.15) is 0 Å². The standard InChI is InChI=1S/C16H22ClNO6S/c1-16(2,3)24-15(21)18-13(9-25(22,23)10-14(19)20)8-11-4-6-12(17)7-5-11/h4-7,13H,8-10H2,1-3H3,(H,18,21)(H,19,20)/t13-/m0/s1. The molecule has 0 aliphatic carbocycles. The fourth-order valence-corrected chi connectivity index (χ4v) is 3.52. The molecule has 0 aliphatic rings. The van der Waals surface area contributed by atoms with Crippen LogP contribution in [0, 0.1) is 0 Å². The molecule has 0 saturated carbocycles. The van der Waals surface area contributed by atoms with Crippen molar-refractivity contribution in [3.8, 4) is 0 Å². The molecule has 1 aromatic carbocycles. The number of sulfone groups is 1. The molecule has 0 radical (unpaired) electrons. The monoisotopic (exact) mass is 391 g/mol. The molecule has 2 N–H and O–H groups in total. The molecule has 0 aromatic heterocycles. The SMILES string of the molecule is CC(C)(C)OC(=O)N[C@@H](Cc1ccc(Cl)cc1)CS(=O)(=O)CC(=O)O. The van der Waals surface area contributed by atoms with Crippen LogP contribution in [-0.2, 0) is 25.8 Å². The summed E-state index contributed by atoms with van der Waals surface area (Å²) in [7, 11) is -3.89. The van der Waals surface area contributed by atoms with Gasteiger partial charge in [-0.3, -0.25) is 4.79 Å². The summed E-state index contributed by atoms with van der Waals surface area (Å²) < 4.78 is 29.1. The van der Waals surface area contributed by atoms with Crippen molar-refractivity contribution < 1.29 is 27.9 Å². The van der Waals surface area contributed by atoms with Crippen molar-refractivity contribution in [3.05, 3.63) is 34.9 Å². The number of alkyl carbamates (subject to hydrolysis) is 1. The predicted octanol–water partition coefficient (Wildman–Crippen LogP) is 2.28. The van der Waals surface area contributed by atoms with E-state index >= 15 is 0 Å². The van der Waals surface area contributed by atoms with Crippen molar-refractivity contribution in [2.24, 2.45) is 0 Å². The van der Waals surface area contributed by atoms with Crippen LogP contribution in [0.2, 0.25) is 5.02 Å². The molecule has 0 unspecified atom stereocenters. The van der Waals surface area contributed by atoms with Crippen LogP contribution in [-0.4, -0.2) is 48.7 Å². The molecule has 7 nitrogen and oxygen atoms in total. The zero-order valence-corrected chi connectivity index (χ0v) is 15.9. The summed E-state index contributed by atoms with van der Waals surface area (Å²) in [6.07, 6.45) is -0.577. The molecule has 1 atom stereocenters. The van der Waals surface area contributed by atoms with Gasteiger partial charge in [-0.25, -0.2) is 13.2 Å². The summed E-state index contributed by atoms with van der Waals surface area (Å²) in [5, 5.41) is 11.7. The first kappa shape index (κ1) is 21.2. The van der Waals surface area contributed by atoms with E-state index in [1.54, 1.807) is 45.0 Å². The Kier molecular flexibility index (Phi) is 7.25. The quantitative estimate of drug-likeness (QED) is 0.737. The molecule has 0 saturated heterocycles. The minimum Gasteiger partial charge on any atom is -0.480 e. The van der Waals surface area contributed by atoms with E-state index in [9.17, 15) is 18.0 Å². The maximum absolute atomic E-state index is 12.0. The number of hydrogen-bond donors (Lipinski definition) is 2. The van der Waals surface area contributed by atoms with Gasteiger partial charge in [-0.15, -0.1) is 0 Å². The van der Waals surface area contributed by atoms with E-state index in [-0.39, 0.29) is 6.42 Å². The lowest BCUT2D eigenvalue weighted by Gasteiger charge is -2.23. The average molecular weight is 392 g/mol. The lowest BCUT2D eigenvalue weighted by Crippen LogP contribution is -2.44. The van der Waals surface area contributed by atoms with E-state index < -0.39 is 45.0 Å². The third-order valence-corrected chi connectivity index (χ3v) is 4.76. The maximum atomic E-state index is 12.0. The minimum absolute atomic E-state index is 0.190. The highest BCUT2D eigenvalue weighted by Crippen LogP contribution is 2.13. The Morgan fingerprint density at radius 3 is 2.28 bits per heavy atom. The maximum Gasteiger partial charge on any atom is 0.407 e. The topological polar surface area (TPSA) is 110 Å². The Labute approximate surface area is 152 Å². The summed E-state index contributed by atoms with van der Waals surface area (Å²) in [5.41, 5.74) is 0.00506. The van der Waals surface area contributed by atoms with E-state index in [0.29, 0.717) is 5.02 Å². The molecule has 1 rings (SSSR count).